The van der Waals surface area contributed by atoms with Gasteiger partial charge in [-0.15, -0.1) is 0 Å². The Kier molecular flexibility index (Phi) is 6.02. The van der Waals surface area contributed by atoms with Crippen LogP contribution in [0.2, 0.25) is 0 Å². The summed E-state index contributed by atoms with van der Waals surface area (Å²) in [5, 5.41) is 2.62. The summed E-state index contributed by atoms with van der Waals surface area (Å²) in [6, 6.07) is 3.04. The van der Waals surface area contributed by atoms with Gasteiger partial charge in [-0.05, 0) is 43.7 Å². The predicted octanol–water partition coefficient (Wildman–Crippen LogP) is 3.48. The summed E-state index contributed by atoms with van der Waals surface area (Å²) in [5.74, 6) is -1.53. The lowest BCUT2D eigenvalue weighted by Gasteiger charge is -2.29. The van der Waals surface area contributed by atoms with Crippen molar-refractivity contribution in [1.29, 1.82) is 0 Å². The molecular weight excluding hydrogens is 335 g/mol. The van der Waals surface area contributed by atoms with Crippen molar-refractivity contribution < 1.29 is 22.8 Å². The monoisotopic (exact) mass is 357 g/mol. The quantitative estimate of drug-likeness (QED) is 0.897. The van der Waals surface area contributed by atoms with E-state index in [1.54, 1.807) is 20.2 Å². The van der Waals surface area contributed by atoms with Gasteiger partial charge in [-0.25, -0.2) is 4.98 Å². The molecule has 1 N–H and O–H groups in total. The number of nitrogens with one attached hydrogen (secondary N) is 1. The summed E-state index contributed by atoms with van der Waals surface area (Å²) in [5.41, 5.74) is 0.404. The van der Waals surface area contributed by atoms with Crippen LogP contribution in [-0.4, -0.2) is 42.0 Å². The molecule has 1 aliphatic rings. The van der Waals surface area contributed by atoms with Gasteiger partial charge in [0.2, 0.25) is 5.91 Å². The fourth-order valence-corrected chi connectivity index (χ4v) is 3.04. The van der Waals surface area contributed by atoms with Gasteiger partial charge >= 0.3 is 6.18 Å². The van der Waals surface area contributed by atoms with E-state index >= 15 is 0 Å². The maximum Gasteiger partial charge on any atom is 0.391 e. The molecule has 1 fully saturated rings. The summed E-state index contributed by atoms with van der Waals surface area (Å²) >= 11 is 0. The minimum atomic E-state index is -4.14. The standard InChI is InChI=1S/C17H22F3N3O2/c1-23(2)16(25)12-7-8-21-14(10-12)22-15(24)9-11-3-5-13(6-4-11)17(18,19)20/h7-8,10-11,13H,3-6,9H2,1-2H3,(H,21,22,24). The molecule has 1 aromatic rings. The number of alkyl halides is 3. The minimum Gasteiger partial charge on any atom is -0.345 e. The second-order valence-electron chi connectivity index (χ2n) is 6.64. The molecule has 2 amide bonds. The van der Waals surface area contributed by atoms with E-state index < -0.39 is 12.1 Å². The number of carbonyl (C=O) groups excluding carboxylic acids is 2. The first-order chi connectivity index (χ1) is 11.7. The van der Waals surface area contributed by atoms with E-state index in [1.807, 2.05) is 0 Å². The SMILES string of the molecule is CN(C)C(=O)c1ccnc(NC(=O)CC2CCC(C(F)(F)F)CC2)c1. The maximum atomic E-state index is 12.7. The summed E-state index contributed by atoms with van der Waals surface area (Å²) in [7, 11) is 3.25. The number of hydrogen-bond donors (Lipinski definition) is 1. The average Bonchev–Trinajstić information content (AvgIpc) is 2.53. The van der Waals surface area contributed by atoms with Crippen molar-refractivity contribution in [2.75, 3.05) is 19.4 Å². The Bertz CT molecular complexity index is 624. The molecule has 1 aliphatic carbocycles. The van der Waals surface area contributed by atoms with Gasteiger partial charge < -0.3 is 10.2 Å². The van der Waals surface area contributed by atoms with Crippen LogP contribution in [0, 0.1) is 11.8 Å². The highest BCUT2D eigenvalue weighted by atomic mass is 19.4. The molecular formula is C17H22F3N3O2. The molecule has 5 nitrogen and oxygen atoms in total. The highest BCUT2D eigenvalue weighted by Crippen LogP contribution is 2.40. The van der Waals surface area contributed by atoms with Crippen LogP contribution in [0.5, 0.6) is 0 Å². The zero-order valence-electron chi connectivity index (χ0n) is 14.3. The molecule has 1 saturated carbocycles. The van der Waals surface area contributed by atoms with Crippen LogP contribution in [0.1, 0.15) is 42.5 Å². The lowest BCUT2D eigenvalue weighted by Crippen LogP contribution is -2.29. The molecule has 0 unspecified atom stereocenters. The molecule has 2 rings (SSSR count). The van der Waals surface area contributed by atoms with Crippen LogP contribution in [0.15, 0.2) is 18.3 Å². The van der Waals surface area contributed by atoms with Gasteiger partial charge in [0, 0.05) is 32.3 Å². The first kappa shape index (κ1) is 19.2. The van der Waals surface area contributed by atoms with E-state index in [4.69, 9.17) is 0 Å². The molecule has 0 saturated heterocycles. The van der Waals surface area contributed by atoms with Crippen LogP contribution in [0.25, 0.3) is 0 Å². The van der Waals surface area contributed by atoms with Gasteiger partial charge in [-0.2, -0.15) is 13.2 Å². The largest absolute Gasteiger partial charge is 0.391 e. The number of nitrogens with zero attached hydrogens (tertiary/aromatic N) is 2. The van der Waals surface area contributed by atoms with Crippen LogP contribution in [-0.2, 0) is 4.79 Å². The van der Waals surface area contributed by atoms with E-state index in [1.165, 1.54) is 17.2 Å². The van der Waals surface area contributed by atoms with Gasteiger partial charge in [0.1, 0.15) is 5.82 Å². The smallest absolute Gasteiger partial charge is 0.345 e. The fourth-order valence-electron chi connectivity index (χ4n) is 3.04. The van der Waals surface area contributed by atoms with E-state index in [9.17, 15) is 22.8 Å². The topological polar surface area (TPSA) is 62.3 Å². The van der Waals surface area contributed by atoms with E-state index in [0.29, 0.717) is 18.4 Å². The Morgan fingerprint density at radius 2 is 1.88 bits per heavy atom. The van der Waals surface area contributed by atoms with Crippen LogP contribution >= 0.6 is 0 Å². The first-order valence-corrected chi connectivity index (χ1v) is 8.21. The molecule has 0 aromatic carbocycles. The third-order valence-electron chi connectivity index (χ3n) is 4.46. The highest BCUT2D eigenvalue weighted by Gasteiger charge is 2.41. The Balaban J connectivity index is 1.87. The lowest BCUT2D eigenvalue weighted by atomic mass is 9.80. The minimum absolute atomic E-state index is 0.0508. The summed E-state index contributed by atoms with van der Waals surface area (Å²) in [4.78, 5) is 29.4. The highest BCUT2D eigenvalue weighted by molar-refractivity contribution is 5.96. The molecule has 0 spiro atoms. The summed E-state index contributed by atoms with van der Waals surface area (Å²) in [6.45, 7) is 0. The molecule has 0 bridgehead atoms. The van der Waals surface area contributed by atoms with Gasteiger partial charge in [-0.1, -0.05) is 0 Å². The number of amides is 2. The molecule has 138 valence electrons. The summed E-state index contributed by atoms with van der Waals surface area (Å²) < 4.78 is 38.0. The number of pyridine rings is 1. The molecule has 1 heterocycles. The van der Waals surface area contributed by atoms with Gasteiger partial charge in [0.15, 0.2) is 0 Å². The third-order valence-corrected chi connectivity index (χ3v) is 4.46. The van der Waals surface area contributed by atoms with E-state index in [0.717, 1.165) is 0 Å². The predicted molar refractivity (Wildman–Crippen MR) is 87.0 cm³/mol. The normalized spacial score (nSPS) is 20.8. The van der Waals surface area contributed by atoms with Crippen molar-refractivity contribution in [3.8, 4) is 0 Å². The zero-order chi connectivity index (χ0) is 18.6. The number of carbonyl (C=O) groups is 2. The second kappa shape index (κ2) is 7.84. The van der Waals surface area contributed by atoms with Gasteiger partial charge in [-0.3, -0.25) is 9.59 Å². The van der Waals surface area contributed by atoms with Crippen molar-refractivity contribution >= 4 is 17.6 Å². The molecule has 1 aromatic heterocycles. The van der Waals surface area contributed by atoms with Crippen LogP contribution < -0.4 is 5.32 Å². The number of halogens is 3. The maximum absolute atomic E-state index is 12.7. The van der Waals surface area contributed by atoms with Crippen molar-refractivity contribution in [3.05, 3.63) is 23.9 Å². The van der Waals surface area contributed by atoms with Crippen molar-refractivity contribution in [3.63, 3.8) is 0 Å². The van der Waals surface area contributed by atoms with Crippen LogP contribution in [0.4, 0.5) is 19.0 Å². The average molecular weight is 357 g/mol. The number of anilines is 1. The molecule has 0 atom stereocenters. The van der Waals surface area contributed by atoms with Crippen molar-refractivity contribution in [2.24, 2.45) is 11.8 Å². The fraction of sp³-hybridized carbons (Fsp3) is 0.588. The molecule has 25 heavy (non-hydrogen) atoms. The number of aromatic nitrogens is 1. The molecule has 8 heteroatoms. The second-order valence-corrected chi connectivity index (χ2v) is 6.64. The first-order valence-electron chi connectivity index (χ1n) is 8.21. The Hall–Kier alpha value is -2.12. The Labute approximate surface area is 144 Å². The Morgan fingerprint density at radius 1 is 1.24 bits per heavy atom. The van der Waals surface area contributed by atoms with Crippen molar-refractivity contribution in [1.82, 2.24) is 9.88 Å². The molecule has 0 radical (unpaired) electrons. The van der Waals surface area contributed by atoms with Crippen molar-refractivity contribution in [2.45, 2.75) is 38.3 Å². The number of rotatable bonds is 4. The Morgan fingerprint density at radius 3 is 2.44 bits per heavy atom. The zero-order valence-corrected chi connectivity index (χ0v) is 14.3. The summed E-state index contributed by atoms with van der Waals surface area (Å²) in [6.07, 6.45) is -1.61. The lowest BCUT2D eigenvalue weighted by molar-refractivity contribution is -0.183. The van der Waals surface area contributed by atoms with E-state index in [2.05, 4.69) is 10.3 Å². The molecule has 0 aliphatic heterocycles. The number of hydrogen-bond acceptors (Lipinski definition) is 3. The van der Waals surface area contributed by atoms with Gasteiger partial charge in [0.25, 0.3) is 5.91 Å². The van der Waals surface area contributed by atoms with Crippen LogP contribution in [0.3, 0.4) is 0 Å². The third kappa shape index (κ3) is 5.44. The van der Waals surface area contributed by atoms with Gasteiger partial charge in [0.05, 0.1) is 5.92 Å². The van der Waals surface area contributed by atoms with E-state index in [-0.39, 0.29) is 42.8 Å².